The van der Waals surface area contributed by atoms with Crippen LogP contribution in [0.25, 0.3) is 0 Å². The van der Waals surface area contributed by atoms with Gasteiger partial charge in [-0.1, -0.05) is 0 Å². The van der Waals surface area contributed by atoms with Gasteiger partial charge in [-0.05, 0) is 13.8 Å². The van der Waals surface area contributed by atoms with Crippen LogP contribution < -0.4 is 5.32 Å². The van der Waals surface area contributed by atoms with Crippen LogP contribution in [0.15, 0.2) is 0 Å². The molecule has 4 N–H and O–H groups in total. The first-order valence-electron chi connectivity index (χ1n) is 5.59. The van der Waals surface area contributed by atoms with Crippen molar-refractivity contribution in [1.82, 2.24) is 15.5 Å². The molecule has 0 aliphatic rings. The molecule has 7 nitrogen and oxygen atoms in total. The summed E-state index contributed by atoms with van der Waals surface area (Å²) in [5.74, 6) is -1.51. The Hall–Kier alpha value is -1.89. The number of aliphatic hydroxyl groups excluding tert-OH is 1. The van der Waals surface area contributed by atoms with Crippen molar-refractivity contribution in [1.29, 1.82) is 0 Å². The zero-order valence-corrected chi connectivity index (χ0v) is 10.4. The molecule has 0 saturated carbocycles. The maximum absolute atomic E-state index is 11.6. The highest BCUT2D eigenvalue weighted by Crippen LogP contribution is 2.09. The third-order valence-electron chi connectivity index (χ3n) is 2.64. The third kappa shape index (κ3) is 3.85. The molecule has 0 unspecified atom stereocenters. The summed E-state index contributed by atoms with van der Waals surface area (Å²) in [7, 11) is 0. The molecule has 0 fully saturated rings. The van der Waals surface area contributed by atoms with Crippen LogP contribution in [0.1, 0.15) is 23.4 Å². The maximum atomic E-state index is 11.6. The second-order valence-electron chi connectivity index (χ2n) is 4.08. The van der Waals surface area contributed by atoms with E-state index in [0.29, 0.717) is 0 Å². The maximum Gasteiger partial charge on any atom is 0.332 e. The van der Waals surface area contributed by atoms with Crippen LogP contribution in [-0.4, -0.2) is 44.9 Å². The Labute approximate surface area is 104 Å². The Balaban J connectivity index is 2.37. The van der Waals surface area contributed by atoms with Crippen LogP contribution in [0.5, 0.6) is 0 Å². The summed E-state index contributed by atoms with van der Waals surface area (Å²) < 4.78 is 0. The molecule has 100 valence electrons. The number of hydrogen-bond donors (Lipinski definition) is 4. The molecule has 1 aromatic rings. The number of rotatable bonds is 6. The van der Waals surface area contributed by atoms with Gasteiger partial charge in [0.15, 0.2) is 6.10 Å². The standard InChI is InChI=1S/C11H17N3O4/c1-6-8(7(2)14-13-6)5-10(16)12-4-3-9(15)11(17)18/h9,15H,3-5H2,1-2H3,(H,12,16)(H,13,14)(H,17,18)/t9-/m0/s1. The fourth-order valence-electron chi connectivity index (χ4n) is 1.53. The summed E-state index contributed by atoms with van der Waals surface area (Å²) in [6, 6.07) is 0. The number of carboxylic acids is 1. The lowest BCUT2D eigenvalue weighted by atomic mass is 10.1. The largest absolute Gasteiger partial charge is 0.479 e. The summed E-state index contributed by atoms with van der Waals surface area (Å²) in [4.78, 5) is 21.9. The molecule has 18 heavy (non-hydrogen) atoms. The third-order valence-corrected chi connectivity index (χ3v) is 2.64. The predicted molar refractivity (Wildman–Crippen MR) is 63.0 cm³/mol. The van der Waals surface area contributed by atoms with Gasteiger partial charge in [0, 0.05) is 24.2 Å². The number of carbonyl (C=O) groups is 2. The fourth-order valence-corrected chi connectivity index (χ4v) is 1.53. The van der Waals surface area contributed by atoms with Crippen molar-refractivity contribution in [2.24, 2.45) is 0 Å². The van der Waals surface area contributed by atoms with Crippen molar-refractivity contribution in [3.8, 4) is 0 Å². The molecule has 7 heteroatoms. The number of aliphatic hydroxyl groups is 1. The van der Waals surface area contributed by atoms with E-state index in [1.165, 1.54) is 0 Å². The second kappa shape index (κ2) is 6.15. The van der Waals surface area contributed by atoms with E-state index in [-0.39, 0.29) is 25.3 Å². The number of aryl methyl sites for hydroxylation is 2. The first-order valence-corrected chi connectivity index (χ1v) is 5.59. The summed E-state index contributed by atoms with van der Waals surface area (Å²) >= 11 is 0. The van der Waals surface area contributed by atoms with Gasteiger partial charge in [-0.15, -0.1) is 0 Å². The van der Waals surface area contributed by atoms with E-state index in [4.69, 9.17) is 10.2 Å². The van der Waals surface area contributed by atoms with E-state index < -0.39 is 12.1 Å². The van der Waals surface area contributed by atoms with Gasteiger partial charge in [0.05, 0.1) is 12.1 Å². The van der Waals surface area contributed by atoms with Crippen LogP contribution in [-0.2, 0) is 16.0 Å². The smallest absolute Gasteiger partial charge is 0.332 e. The van der Waals surface area contributed by atoms with Crippen LogP contribution in [0, 0.1) is 13.8 Å². The number of nitrogens with zero attached hydrogens (tertiary/aromatic N) is 1. The number of nitrogens with one attached hydrogen (secondary N) is 2. The lowest BCUT2D eigenvalue weighted by Crippen LogP contribution is -2.31. The molecule has 0 spiro atoms. The van der Waals surface area contributed by atoms with Crippen molar-refractivity contribution < 1.29 is 19.8 Å². The van der Waals surface area contributed by atoms with Gasteiger partial charge in [-0.3, -0.25) is 9.89 Å². The minimum Gasteiger partial charge on any atom is -0.479 e. The lowest BCUT2D eigenvalue weighted by Gasteiger charge is -2.07. The summed E-state index contributed by atoms with van der Waals surface area (Å²) in [6.07, 6.45) is -1.26. The van der Waals surface area contributed by atoms with Gasteiger partial charge < -0.3 is 15.5 Å². The second-order valence-corrected chi connectivity index (χ2v) is 4.08. The van der Waals surface area contributed by atoms with E-state index in [9.17, 15) is 9.59 Å². The van der Waals surface area contributed by atoms with Gasteiger partial charge in [0.1, 0.15) is 0 Å². The Morgan fingerprint density at radius 2 is 2.11 bits per heavy atom. The molecule has 1 rings (SSSR count). The zero-order valence-electron chi connectivity index (χ0n) is 10.4. The molecular weight excluding hydrogens is 238 g/mol. The van der Waals surface area contributed by atoms with Crippen LogP contribution in [0.2, 0.25) is 0 Å². The number of carboxylic acid groups (broad SMARTS) is 1. The number of aliphatic carboxylic acids is 1. The number of aromatic amines is 1. The summed E-state index contributed by atoms with van der Waals surface area (Å²) in [6.45, 7) is 3.76. The topological polar surface area (TPSA) is 115 Å². The molecule has 1 atom stereocenters. The van der Waals surface area contributed by atoms with Gasteiger partial charge in [-0.2, -0.15) is 5.10 Å². The number of carbonyl (C=O) groups excluding carboxylic acids is 1. The monoisotopic (exact) mass is 255 g/mol. The van der Waals surface area contributed by atoms with E-state index >= 15 is 0 Å². The van der Waals surface area contributed by atoms with Crippen molar-refractivity contribution in [2.75, 3.05) is 6.54 Å². The van der Waals surface area contributed by atoms with Gasteiger partial charge in [-0.25, -0.2) is 4.79 Å². The Morgan fingerprint density at radius 1 is 1.44 bits per heavy atom. The van der Waals surface area contributed by atoms with E-state index in [2.05, 4.69) is 15.5 Å². The zero-order chi connectivity index (χ0) is 13.7. The molecule has 1 heterocycles. The Bertz CT molecular complexity index is 422. The fraction of sp³-hybridized carbons (Fsp3) is 0.545. The van der Waals surface area contributed by atoms with Crippen molar-refractivity contribution >= 4 is 11.9 Å². The molecule has 0 radical (unpaired) electrons. The minimum absolute atomic E-state index is 0.00950. The van der Waals surface area contributed by atoms with Crippen LogP contribution >= 0.6 is 0 Å². The van der Waals surface area contributed by atoms with E-state index in [1.807, 2.05) is 6.92 Å². The van der Waals surface area contributed by atoms with Crippen LogP contribution in [0.3, 0.4) is 0 Å². The quantitative estimate of drug-likeness (QED) is 0.548. The average Bonchev–Trinajstić information content (AvgIpc) is 2.60. The molecule has 1 aromatic heterocycles. The number of amides is 1. The Kier molecular flexibility index (Phi) is 4.85. The molecule has 1 amide bonds. The summed E-state index contributed by atoms with van der Waals surface area (Å²) in [5.41, 5.74) is 2.45. The molecule has 0 aliphatic carbocycles. The highest BCUT2D eigenvalue weighted by atomic mass is 16.4. The van der Waals surface area contributed by atoms with Crippen molar-refractivity contribution in [2.45, 2.75) is 32.8 Å². The van der Waals surface area contributed by atoms with Crippen molar-refractivity contribution in [3.05, 3.63) is 17.0 Å². The van der Waals surface area contributed by atoms with E-state index in [0.717, 1.165) is 17.0 Å². The lowest BCUT2D eigenvalue weighted by molar-refractivity contribution is -0.147. The molecule has 0 bridgehead atoms. The normalized spacial score (nSPS) is 12.2. The molecular formula is C11H17N3O4. The Morgan fingerprint density at radius 3 is 2.61 bits per heavy atom. The van der Waals surface area contributed by atoms with Gasteiger partial charge >= 0.3 is 5.97 Å². The number of H-pyrrole nitrogens is 1. The number of hydrogen-bond acceptors (Lipinski definition) is 4. The minimum atomic E-state index is -1.44. The highest BCUT2D eigenvalue weighted by molar-refractivity contribution is 5.79. The predicted octanol–water partition coefficient (Wildman–Crippen LogP) is -0.479. The highest BCUT2D eigenvalue weighted by Gasteiger charge is 2.14. The SMILES string of the molecule is Cc1n[nH]c(C)c1CC(=O)NCC[C@H](O)C(=O)O. The first kappa shape index (κ1) is 14.2. The number of aromatic nitrogens is 2. The van der Waals surface area contributed by atoms with Crippen LogP contribution in [0.4, 0.5) is 0 Å². The van der Waals surface area contributed by atoms with Gasteiger partial charge in [0.2, 0.25) is 5.91 Å². The molecule has 0 aliphatic heterocycles. The average molecular weight is 255 g/mol. The van der Waals surface area contributed by atoms with E-state index in [1.54, 1.807) is 6.92 Å². The molecule has 0 aromatic carbocycles. The molecule has 0 saturated heterocycles. The van der Waals surface area contributed by atoms with Crippen molar-refractivity contribution in [3.63, 3.8) is 0 Å². The first-order chi connectivity index (χ1) is 8.41. The summed E-state index contributed by atoms with van der Waals surface area (Å²) in [5, 5.41) is 26.8. The van der Waals surface area contributed by atoms with Gasteiger partial charge in [0.25, 0.3) is 0 Å².